The summed E-state index contributed by atoms with van der Waals surface area (Å²) in [5.41, 5.74) is 5.67. The quantitative estimate of drug-likeness (QED) is 0.101. The van der Waals surface area contributed by atoms with Crippen LogP contribution in [-0.4, -0.2) is 19.1 Å². The summed E-state index contributed by atoms with van der Waals surface area (Å²) >= 11 is 0. The topological polar surface area (TPSA) is 16.1 Å². The van der Waals surface area contributed by atoms with E-state index in [0.29, 0.717) is 0 Å². The van der Waals surface area contributed by atoms with Crippen molar-refractivity contribution in [2.24, 2.45) is 0 Å². The van der Waals surface area contributed by atoms with Gasteiger partial charge in [0.1, 0.15) is 0 Å². The van der Waals surface area contributed by atoms with Gasteiger partial charge in [-0.3, -0.25) is 4.98 Å². The first-order chi connectivity index (χ1) is 17.7. The van der Waals surface area contributed by atoms with Gasteiger partial charge >= 0.3 is 0 Å². The van der Waals surface area contributed by atoms with Crippen LogP contribution in [0.2, 0.25) is 0 Å². The van der Waals surface area contributed by atoms with Crippen molar-refractivity contribution in [2.45, 2.75) is 6.42 Å². The van der Waals surface area contributed by atoms with Crippen molar-refractivity contribution in [3.63, 3.8) is 0 Å². The van der Waals surface area contributed by atoms with E-state index in [1.807, 2.05) is 12.3 Å². The molecule has 6 aromatic rings. The van der Waals surface area contributed by atoms with Gasteiger partial charge < -0.3 is 4.90 Å². The molecule has 5 aromatic carbocycles. The summed E-state index contributed by atoms with van der Waals surface area (Å²) < 4.78 is 0. The van der Waals surface area contributed by atoms with Gasteiger partial charge in [0.05, 0.1) is 0 Å². The fourth-order valence-electron chi connectivity index (χ4n) is 5.51. The molecule has 37 heavy (non-hydrogen) atoms. The van der Waals surface area contributed by atoms with Gasteiger partial charge in [-0.05, 0) is 68.0 Å². The normalized spacial score (nSPS) is 13.1. The minimum atomic E-state index is 0. The van der Waals surface area contributed by atoms with Crippen LogP contribution in [0.1, 0.15) is 17.7 Å². The molecule has 0 aliphatic heterocycles. The molecule has 0 saturated heterocycles. The Balaban J connectivity index is 0.00000252. The Morgan fingerprint density at radius 1 is 0.676 bits per heavy atom. The van der Waals surface area contributed by atoms with Crippen molar-refractivity contribution in [3.8, 4) is 0 Å². The average molecular weight is 517 g/mol. The summed E-state index contributed by atoms with van der Waals surface area (Å²) in [7, 11) is 4.13. The largest absolute Gasteiger partial charge is 0.378 e. The number of hydrogen-bond donors (Lipinski definition) is 0. The summed E-state index contributed by atoms with van der Waals surface area (Å²) in [5, 5.41) is 10.2. The maximum absolute atomic E-state index is 4.72. The van der Waals surface area contributed by atoms with Crippen LogP contribution in [0.5, 0.6) is 0 Å². The number of rotatable bonds is 3. The molecule has 0 N–H and O–H groups in total. The van der Waals surface area contributed by atoms with Gasteiger partial charge in [-0.1, -0.05) is 66.4 Å². The van der Waals surface area contributed by atoms with Crippen molar-refractivity contribution >= 4 is 59.9 Å². The molecular formula is C34H25FeN2-. The molecule has 0 bridgehead atoms. The molecule has 0 unspecified atom stereocenters. The van der Waals surface area contributed by atoms with Crippen LogP contribution < -0.4 is 4.90 Å². The van der Waals surface area contributed by atoms with Gasteiger partial charge in [0.15, 0.2) is 0 Å². The summed E-state index contributed by atoms with van der Waals surface area (Å²) in [4.78, 5) is 6.84. The van der Waals surface area contributed by atoms with Crippen molar-refractivity contribution < 1.29 is 17.1 Å². The molecule has 1 aromatic heterocycles. The Bertz CT molecular complexity index is 1900. The summed E-state index contributed by atoms with van der Waals surface area (Å²) in [6.07, 6.45) is 8.59. The first kappa shape index (κ1) is 23.5. The van der Waals surface area contributed by atoms with Crippen LogP contribution in [0.4, 0.5) is 5.69 Å². The van der Waals surface area contributed by atoms with E-state index in [2.05, 4.69) is 116 Å². The monoisotopic (exact) mass is 517 g/mol. The SMILES string of the molecule is CN(C)c1ccnc(C2=CC[C-]=C2c2cccc3cc4ccc5cc6ccccc6cc5c4cc23)c1.[Fe]. The number of benzene rings is 5. The standard InChI is InChI=1S/C34H25N2.Fe/c1-36(2)27-15-16-35-34(20-27)30-12-6-11-28(30)29-10-5-9-24-18-26-14-13-25-17-22-7-3-4-8-23(22)19-31(25)33(26)21-32(24)29;/h3-5,7-10,12-21H,6H2,1-2H3;/q-1;. The predicted octanol–water partition coefficient (Wildman–Crippen LogP) is 8.43. The molecule has 2 nitrogen and oxygen atoms in total. The van der Waals surface area contributed by atoms with E-state index in [-0.39, 0.29) is 17.1 Å². The Hall–Kier alpha value is -3.91. The zero-order valence-corrected chi connectivity index (χ0v) is 21.9. The van der Waals surface area contributed by atoms with E-state index < -0.39 is 0 Å². The van der Waals surface area contributed by atoms with Crippen LogP contribution in [0.15, 0.2) is 103 Å². The fourth-order valence-corrected chi connectivity index (χ4v) is 5.51. The van der Waals surface area contributed by atoms with Crippen LogP contribution in [-0.2, 0) is 17.1 Å². The summed E-state index contributed by atoms with van der Waals surface area (Å²) in [6, 6.07) is 33.3. The van der Waals surface area contributed by atoms with Gasteiger partial charge in [0.25, 0.3) is 0 Å². The zero-order chi connectivity index (χ0) is 24.2. The maximum Gasteiger partial charge on any atom is 0.0387 e. The second-order valence-corrected chi connectivity index (χ2v) is 9.75. The van der Waals surface area contributed by atoms with Gasteiger partial charge in [0.2, 0.25) is 0 Å². The zero-order valence-electron chi connectivity index (χ0n) is 20.8. The second-order valence-electron chi connectivity index (χ2n) is 9.75. The van der Waals surface area contributed by atoms with Gasteiger partial charge in [-0.15, -0.1) is 23.3 Å². The fraction of sp³-hybridized carbons (Fsp3) is 0.0882. The Morgan fingerprint density at radius 2 is 1.35 bits per heavy atom. The molecule has 7 rings (SSSR count). The van der Waals surface area contributed by atoms with Gasteiger partial charge in [0, 0.05) is 48.7 Å². The average Bonchev–Trinajstić information content (AvgIpc) is 3.40. The molecule has 1 aliphatic carbocycles. The molecule has 1 heterocycles. The molecule has 3 heteroatoms. The molecule has 0 saturated carbocycles. The summed E-state index contributed by atoms with van der Waals surface area (Å²) in [5.74, 6) is 0. The number of anilines is 1. The van der Waals surface area contributed by atoms with Crippen molar-refractivity contribution in [1.82, 2.24) is 4.98 Å². The number of allylic oxidation sites excluding steroid dienone is 4. The first-order valence-corrected chi connectivity index (χ1v) is 12.4. The third kappa shape index (κ3) is 3.92. The molecule has 0 radical (unpaired) electrons. The summed E-state index contributed by atoms with van der Waals surface area (Å²) in [6.45, 7) is 0. The first-order valence-electron chi connectivity index (χ1n) is 12.4. The minimum absolute atomic E-state index is 0. The maximum atomic E-state index is 4.72. The van der Waals surface area contributed by atoms with E-state index >= 15 is 0 Å². The van der Waals surface area contributed by atoms with Crippen LogP contribution >= 0.6 is 0 Å². The van der Waals surface area contributed by atoms with E-state index in [0.717, 1.165) is 28.9 Å². The smallest absolute Gasteiger partial charge is 0.0387 e. The van der Waals surface area contributed by atoms with Gasteiger partial charge in [-0.25, -0.2) is 0 Å². The van der Waals surface area contributed by atoms with Gasteiger partial charge in [-0.2, -0.15) is 11.6 Å². The molecule has 0 spiro atoms. The van der Waals surface area contributed by atoms with Crippen molar-refractivity contribution in [1.29, 1.82) is 0 Å². The van der Waals surface area contributed by atoms with Crippen molar-refractivity contribution in [3.05, 3.63) is 121 Å². The second kappa shape index (κ2) is 9.19. The Labute approximate surface area is 227 Å². The number of aromatic nitrogens is 1. The van der Waals surface area contributed by atoms with E-state index in [1.54, 1.807) is 0 Å². The predicted molar refractivity (Wildman–Crippen MR) is 154 cm³/mol. The number of nitrogens with zero attached hydrogens (tertiary/aromatic N) is 2. The molecule has 180 valence electrons. The number of pyridine rings is 1. The van der Waals surface area contributed by atoms with E-state index in [1.165, 1.54) is 48.7 Å². The third-order valence-corrected chi connectivity index (χ3v) is 7.36. The Morgan fingerprint density at radius 3 is 2.14 bits per heavy atom. The molecule has 0 amide bonds. The van der Waals surface area contributed by atoms with E-state index in [9.17, 15) is 0 Å². The molecular weight excluding hydrogens is 492 g/mol. The van der Waals surface area contributed by atoms with Crippen LogP contribution in [0.25, 0.3) is 54.2 Å². The molecule has 1 aliphatic rings. The Kier molecular flexibility index (Phi) is 5.83. The van der Waals surface area contributed by atoms with E-state index in [4.69, 9.17) is 4.98 Å². The third-order valence-electron chi connectivity index (χ3n) is 7.36. The molecule has 0 atom stereocenters. The van der Waals surface area contributed by atoms with Crippen LogP contribution in [0.3, 0.4) is 0 Å². The van der Waals surface area contributed by atoms with Crippen molar-refractivity contribution in [2.75, 3.05) is 19.0 Å². The van der Waals surface area contributed by atoms with Crippen LogP contribution in [0, 0.1) is 6.08 Å². The number of fused-ring (bicyclic) bond motifs is 5. The molecule has 0 fully saturated rings. The number of hydrogen-bond acceptors (Lipinski definition) is 2. The minimum Gasteiger partial charge on any atom is -0.378 e.